The molecule has 1 aromatic carbocycles. The Kier molecular flexibility index (Phi) is 5.11. The van der Waals surface area contributed by atoms with Gasteiger partial charge >= 0.3 is 11.9 Å². The molecule has 0 radical (unpaired) electrons. The molecule has 0 atom stereocenters. The van der Waals surface area contributed by atoms with E-state index in [1.807, 2.05) is 31.2 Å². The number of hydrogen-bond acceptors (Lipinski definition) is 4. The van der Waals surface area contributed by atoms with Crippen molar-refractivity contribution >= 4 is 18.0 Å². The molecule has 0 fully saturated rings. The SMILES string of the molecule is CC(=O)OC(/C=C/c1cccc(C)c1)OC(C)=O. The molecular weight excluding hydrogens is 232 g/mol. The van der Waals surface area contributed by atoms with Crippen LogP contribution in [0.4, 0.5) is 0 Å². The summed E-state index contributed by atoms with van der Waals surface area (Å²) in [4.78, 5) is 21.7. The molecule has 4 nitrogen and oxygen atoms in total. The monoisotopic (exact) mass is 248 g/mol. The Bertz CT molecular complexity index is 447. The van der Waals surface area contributed by atoms with Gasteiger partial charge in [-0.15, -0.1) is 0 Å². The van der Waals surface area contributed by atoms with Crippen LogP contribution in [0.25, 0.3) is 6.08 Å². The number of benzene rings is 1. The van der Waals surface area contributed by atoms with E-state index in [2.05, 4.69) is 0 Å². The summed E-state index contributed by atoms with van der Waals surface area (Å²) in [5.74, 6) is -1.01. The average Bonchev–Trinajstić information content (AvgIpc) is 2.24. The maximum atomic E-state index is 10.9. The van der Waals surface area contributed by atoms with Gasteiger partial charge in [-0.05, 0) is 18.6 Å². The normalized spacial score (nSPS) is 10.7. The fraction of sp³-hybridized carbons (Fsp3) is 0.286. The molecule has 0 saturated carbocycles. The predicted octanol–water partition coefficient (Wildman–Crippen LogP) is 2.46. The number of esters is 2. The van der Waals surface area contributed by atoms with E-state index in [4.69, 9.17) is 9.47 Å². The van der Waals surface area contributed by atoms with E-state index in [1.54, 1.807) is 6.08 Å². The first-order valence-corrected chi connectivity index (χ1v) is 5.56. The van der Waals surface area contributed by atoms with Crippen molar-refractivity contribution in [2.45, 2.75) is 27.1 Å². The second-order valence-corrected chi connectivity index (χ2v) is 3.86. The van der Waals surface area contributed by atoms with Gasteiger partial charge in [-0.25, -0.2) is 0 Å². The number of carbonyl (C=O) groups is 2. The molecule has 0 spiro atoms. The quantitative estimate of drug-likeness (QED) is 0.606. The van der Waals surface area contributed by atoms with Crippen molar-refractivity contribution in [3.8, 4) is 0 Å². The Balaban J connectivity index is 2.75. The molecule has 4 heteroatoms. The van der Waals surface area contributed by atoms with E-state index in [-0.39, 0.29) is 0 Å². The highest BCUT2D eigenvalue weighted by atomic mass is 16.7. The lowest BCUT2D eigenvalue weighted by Gasteiger charge is -2.12. The van der Waals surface area contributed by atoms with Gasteiger partial charge in [-0.2, -0.15) is 0 Å². The van der Waals surface area contributed by atoms with Crippen molar-refractivity contribution < 1.29 is 19.1 Å². The lowest BCUT2D eigenvalue weighted by molar-refractivity contribution is -0.176. The maximum absolute atomic E-state index is 10.9. The zero-order valence-electron chi connectivity index (χ0n) is 10.7. The fourth-order valence-electron chi connectivity index (χ4n) is 1.39. The van der Waals surface area contributed by atoms with E-state index in [1.165, 1.54) is 19.9 Å². The van der Waals surface area contributed by atoms with E-state index >= 15 is 0 Å². The van der Waals surface area contributed by atoms with E-state index in [9.17, 15) is 9.59 Å². The second-order valence-electron chi connectivity index (χ2n) is 3.86. The molecular formula is C14H16O4. The van der Waals surface area contributed by atoms with Gasteiger partial charge in [0.1, 0.15) is 0 Å². The third-order valence-electron chi connectivity index (χ3n) is 2.05. The molecule has 0 amide bonds. The Hall–Kier alpha value is -2.10. The first-order valence-electron chi connectivity index (χ1n) is 5.56. The number of carbonyl (C=O) groups excluding carboxylic acids is 2. The number of hydrogen-bond donors (Lipinski definition) is 0. The zero-order chi connectivity index (χ0) is 13.5. The van der Waals surface area contributed by atoms with Crippen LogP contribution in [-0.4, -0.2) is 18.2 Å². The molecule has 0 heterocycles. The van der Waals surface area contributed by atoms with Gasteiger partial charge in [0.25, 0.3) is 6.29 Å². The molecule has 0 aliphatic rings. The molecule has 1 rings (SSSR count). The van der Waals surface area contributed by atoms with Crippen molar-refractivity contribution in [2.75, 3.05) is 0 Å². The Morgan fingerprint density at radius 1 is 1.17 bits per heavy atom. The molecule has 96 valence electrons. The zero-order valence-corrected chi connectivity index (χ0v) is 10.7. The summed E-state index contributed by atoms with van der Waals surface area (Å²) in [6, 6.07) is 7.77. The van der Waals surface area contributed by atoms with Gasteiger partial charge in [0.15, 0.2) is 0 Å². The second kappa shape index (κ2) is 6.59. The smallest absolute Gasteiger partial charge is 0.305 e. The Morgan fingerprint density at radius 3 is 2.28 bits per heavy atom. The molecule has 0 saturated heterocycles. The van der Waals surface area contributed by atoms with Gasteiger partial charge < -0.3 is 9.47 Å². The van der Waals surface area contributed by atoms with Crippen LogP contribution in [0.3, 0.4) is 0 Å². The van der Waals surface area contributed by atoms with Gasteiger partial charge in [-0.1, -0.05) is 35.9 Å². The topological polar surface area (TPSA) is 52.6 Å². The standard InChI is InChI=1S/C14H16O4/c1-10-5-4-6-13(9-10)7-8-14(17-11(2)15)18-12(3)16/h4-9,14H,1-3H3/b8-7+. The van der Waals surface area contributed by atoms with Gasteiger partial charge in [0, 0.05) is 13.8 Å². The fourth-order valence-corrected chi connectivity index (χ4v) is 1.39. The minimum absolute atomic E-state index is 0.504. The molecule has 0 aliphatic heterocycles. The Labute approximate surface area is 106 Å². The largest absolute Gasteiger partial charge is 0.421 e. The highest BCUT2D eigenvalue weighted by molar-refractivity contribution is 5.68. The first-order chi connectivity index (χ1) is 8.47. The van der Waals surface area contributed by atoms with Crippen LogP contribution in [0.1, 0.15) is 25.0 Å². The summed E-state index contributed by atoms with van der Waals surface area (Å²) < 4.78 is 9.69. The summed E-state index contributed by atoms with van der Waals surface area (Å²) >= 11 is 0. The van der Waals surface area contributed by atoms with Crippen molar-refractivity contribution in [1.29, 1.82) is 0 Å². The van der Waals surface area contributed by atoms with Crippen molar-refractivity contribution in [3.63, 3.8) is 0 Å². The van der Waals surface area contributed by atoms with Crippen LogP contribution < -0.4 is 0 Å². The third-order valence-corrected chi connectivity index (χ3v) is 2.05. The summed E-state index contributed by atoms with van der Waals surface area (Å²) in [5, 5.41) is 0. The maximum Gasteiger partial charge on any atom is 0.305 e. The van der Waals surface area contributed by atoms with Crippen LogP contribution in [0.15, 0.2) is 30.3 Å². The van der Waals surface area contributed by atoms with Crippen LogP contribution in [0.2, 0.25) is 0 Å². The van der Waals surface area contributed by atoms with Crippen molar-refractivity contribution in [1.82, 2.24) is 0 Å². The lowest BCUT2D eigenvalue weighted by Crippen LogP contribution is -2.19. The summed E-state index contributed by atoms with van der Waals surface area (Å²) in [6.45, 7) is 4.50. The highest BCUT2D eigenvalue weighted by Crippen LogP contribution is 2.08. The number of aryl methyl sites for hydroxylation is 1. The molecule has 0 N–H and O–H groups in total. The van der Waals surface area contributed by atoms with Crippen LogP contribution >= 0.6 is 0 Å². The van der Waals surface area contributed by atoms with Crippen molar-refractivity contribution in [3.05, 3.63) is 41.5 Å². The van der Waals surface area contributed by atoms with Gasteiger partial charge in [0.2, 0.25) is 0 Å². The highest BCUT2D eigenvalue weighted by Gasteiger charge is 2.10. The Morgan fingerprint density at radius 2 is 1.78 bits per heavy atom. The summed E-state index contributed by atoms with van der Waals surface area (Å²) in [7, 11) is 0. The third kappa shape index (κ3) is 5.30. The molecule has 1 aromatic rings. The first kappa shape index (κ1) is 14.0. The molecule has 0 unspecified atom stereocenters. The van der Waals surface area contributed by atoms with Crippen LogP contribution in [0, 0.1) is 6.92 Å². The molecule has 18 heavy (non-hydrogen) atoms. The van der Waals surface area contributed by atoms with E-state index < -0.39 is 18.2 Å². The van der Waals surface area contributed by atoms with Crippen LogP contribution in [-0.2, 0) is 19.1 Å². The number of rotatable bonds is 4. The molecule has 0 bridgehead atoms. The van der Waals surface area contributed by atoms with Crippen LogP contribution in [0.5, 0.6) is 0 Å². The minimum Gasteiger partial charge on any atom is -0.421 e. The lowest BCUT2D eigenvalue weighted by atomic mass is 10.1. The molecule has 0 aliphatic carbocycles. The predicted molar refractivity (Wildman–Crippen MR) is 67.5 cm³/mol. The minimum atomic E-state index is -0.986. The van der Waals surface area contributed by atoms with E-state index in [0.29, 0.717) is 0 Å². The summed E-state index contributed by atoms with van der Waals surface area (Å²) in [5.41, 5.74) is 2.06. The summed E-state index contributed by atoms with van der Waals surface area (Å²) in [6.07, 6.45) is 2.28. The van der Waals surface area contributed by atoms with Gasteiger partial charge in [0.05, 0.1) is 0 Å². The molecule has 0 aromatic heterocycles. The van der Waals surface area contributed by atoms with E-state index in [0.717, 1.165) is 11.1 Å². The van der Waals surface area contributed by atoms with Crippen molar-refractivity contribution in [2.24, 2.45) is 0 Å². The number of ether oxygens (including phenoxy) is 2. The van der Waals surface area contributed by atoms with Gasteiger partial charge in [-0.3, -0.25) is 9.59 Å². The average molecular weight is 248 g/mol.